The highest BCUT2D eigenvalue weighted by molar-refractivity contribution is 7.21. The molecule has 2 aromatic heterocycles. The van der Waals surface area contributed by atoms with Gasteiger partial charge in [0.2, 0.25) is 0 Å². The summed E-state index contributed by atoms with van der Waals surface area (Å²) in [5, 5.41) is 10.8. The number of methoxy groups -OCH3 is 1. The molecule has 0 aliphatic heterocycles. The largest absolute Gasteiger partial charge is 0.497 e. The Bertz CT molecular complexity index is 1190. The number of carboxylic acids is 1. The predicted molar refractivity (Wildman–Crippen MR) is 113 cm³/mol. The molecule has 5 nitrogen and oxygen atoms in total. The van der Waals surface area contributed by atoms with E-state index in [0.717, 1.165) is 33.8 Å². The summed E-state index contributed by atoms with van der Waals surface area (Å²) < 4.78 is 5.23. The molecule has 2 heterocycles. The lowest BCUT2D eigenvalue weighted by Gasteiger charge is -2.10. The molecule has 140 valence electrons. The highest BCUT2D eigenvalue weighted by atomic mass is 35.5. The Balaban J connectivity index is 2.00. The molecular formula is C21H15ClN2O3S. The van der Waals surface area contributed by atoms with Crippen molar-refractivity contribution >= 4 is 44.8 Å². The molecule has 3 N–H and O–H groups in total. The van der Waals surface area contributed by atoms with Gasteiger partial charge < -0.3 is 15.6 Å². The van der Waals surface area contributed by atoms with Gasteiger partial charge in [0.15, 0.2) is 0 Å². The Kier molecular flexibility index (Phi) is 4.66. The molecule has 0 aliphatic rings. The number of hydrogen-bond acceptors (Lipinski definition) is 5. The number of aromatic carboxylic acids is 1. The number of nitrogens with two attached hydrogens (primary N) is 1. The van der Waals surface area contributed by atoms with Crippen molar-refractivity contribution in [1.82, 2.24) is 4.98 Å². The molecule has 7 heteroatoms. The Hall–Kier alpha value is -3.09. The topological polar surface area (TPSA) is 85.4 Å². The van der Waals surface area contributed by atoms with Gasteiger partial charge in [-0.05, 0) is 41.5 Å². The fourth-order valence-corrected chi connectivity index (χ4v) is 4.13. The lowest BCUT2D eigenvalue weighted by Crippen LogP contribution is -1.97. The van der Waals surface area contributed by atoms with Crippen LogP contribution in [0.3, 0.4) is 0 Å². The summed E-state index contributed by atoms with van der Waals surface area (Å²) in [6, 6.07) is 16.8. The van der Waals surface area contributed by atoms with E-state index in [4.69, 9.17) is 22.1 Å². The van der Waals surface area contributed by atoms with Crippen molar-refractivity contribution < 1.29 is 14.6 Å². The van der Waals surface area contributed by atoms with E-state index in [-0.39, 0.29) is 10.6 Å². The second-order valence-electron chi connectivity index (χ2n) is 6.12. The molecule has 0 fully saturated rings. The normalized spacial score (nSPS) is 10.9. The number of benzene rings is 2. The van der Waals surface area contributed by atoms with Crippen molar-refractivity contribution in [2.45, 2.75) is 0 Å². The summed E-state index contributed by atoms with van der Waals surface area (Å²) in [5.74, 6) is -0.328. The van der Waals surface area contributed by atoms with E-state index >= 15 is 0 Å². The van der Waals surface area contributed by atoms with Crippen LogP contribution in [0, 0.1) is 0 Å². The smallest absolute Gasteiger partial charge is 0.348 e. The van der Waals surface area contributed by atoms with Crippen molar-refractivity contribution in [2.75, 3.05) is 12.8 Å². The van der Waals surface area contributed by atoms with Gasteiger partial charge in [0.1, 0.15) is 15.5 Å². The van der Waals surface area contributed by atoms with Crippen molar-refractivity contribution in [1.29, 1.82) is 0 Å². The standard InChI is InChI=1S/C21H15ClN2O3S/c1-27-14-8-4-11(5-9-14)15-10-16(12-2-6-13(22)7-3-12)24-20-17(15)18(23)19(28-20)21(25)26/h2-10H,23H2,1H3,(H,25,26). The van der Waals surface area contributed by atoms with Gasteiger partial charge in [-0.25, -0.2) is 9.78 Å². The van der Waals surface area contributed by atoms with Crippen molar-refractivity contribution in [3.8, 4) is 28.1 Å². The number of hydrogen-bond donors (Lipinski definition) is 2. The van der Waals surface area contributed by atoms with Crippen LogP contribution >= 0.6 is 22.9 Å². The van der Waals surface area contributed by atoms with Gasteiger partial charge in [-0.15, -0.1) is 11.3 Å². The summed E-state index contributed by atoms with van der Waals surface area (Å²) in [6.45, 7) is 0. The second-order valence-corrected chi connectivity index (χ2v) is 7.56. The molecule has 0 spiro atoms. The first-order chi connectivity index (χ1) is 13.5. The van der Waals surface area contributed by atoms with Crippen LogP contribution < -0.4 is 10.5 Å². The number of carboxylic acid groups (broad SMARTS) is 1. The van der Waals surface area contributed by atoms with Crippen LogP contribution in [0.25, 0.3) is 32.6 Å². The molecule has 28 heavy (non-hydrogen) atoms. The monoisotopic (exact) mass is 410 g/mol. The molecular weight excluding hydrogens is 396 g/mol. The minimum absolute atomic E-state index is 0.0884. The van der Waals surface area contributed by atoms with Crippen molar-refractivity contribution in [2.24, 2.45) is 0 Å². The molecule has 2 aromatic carbocycles. The average molecular weight is 411 g/mol. The fraction of sp³-hybridized carbons (Fsp3) is 0.0476. The Labute approximate surface area is 170 Å². The van der Waals surface area contributed by atoms with Crippen molar-refractivity contribution in [3.63, 3.8) is 0 Å². The molecule has 0 bridgehead atoms. The highest BCUT2D eigenvalue weighted by Gasteiger charge is 2.21. The van der Waals surface area contributed by atoms with Gasteiger partial charge in [-0.3, -0.25) is 0 Å². The lowest BCUT2D eigenvalue weighted by atomic mass is 9.99. The molecule has 0 atom stereocenters. The molecule has 0 saturated heterocycles. The third-order valence-electron chi connectivity index (χ3n) is 4.43. The van der Waals surface area contributed by atoms with Gasteiger partial charge in [0, 0.05) is 16.0 Å². The first-order valence-corrected chi connectivity index (χ1v) is 9.54. The second kappa shape index (κ2) is 7.14. The molecule has 0 amide bonds. The van der Waals surface area contributed by atoms with E-state index in [2.05, 4.69) is 4.98 Å². The summed E-state index contributed by atoms with van der Waals surface area (Å²) in [6.07, 6.45) is 0. The van der Waals surface area contributed by atoms with E-state index in [0.29, 0.717) is 20.9 Å². The van der Waals surface area contributed by atoms with Crippen LogP contribution in [0.4, 0.5) is 5.69 Å². The number of thiophene rings is 1. The lowest BCUT2D eigenvalue weighted by molar-refractivity contribution is 0.0703. The summed E-state index contributed by atoms with van der Waals surface area (Å²) in [7, 11) is 1.61. The van der Waals surface area contributed by atoms with E-state index in [1.54, 1.807) is 19.2 Å². The number of aromatic nitrogens is 1. The quantitative estimate of drug-likeness (QED) is 0.459. The molecule has 0 radical (unpaired) electrons. The van der Waals surface area contributed by atoms with Gasteiger partial charge in [-0.2, -0.15) is 0 Å². The van der Waals surface area contributed by atoms with E-state index in [1.807, 2.05) is 42.5 Å². The number of halogens is 1. The average Bonchev–Trinajstić information content (AvgIpc) is 3.05. The number of anilines is 1. The van der Waals surface area contributed by atoms with Gasteiger partial charge >= 0.3 is 5.97 Å². The fourth-order valence-electron chi connectivity index (χ4n) is 3.05. The van der Waals surface area contributed by atoms with Crippen LogP contribution in [-0.4, -0.2) is 23.2 Å². The van der Waals surface area contributed by atoms with Gasteiger partial charge in [0.05, 0.1) is 18.5 Å². The number of rotatable bonds is 4. The maximum atomic E-state index is 11.6. The number of ether oxygens (including phenoxy) is 1. The number of pyridine rings is 1. The molecule has 0 saturated carbocycles. The van der Waals surface area contributed by atoms with Crippen LogP contribution in [0.1, 0.15) is 9.67 Å². The molecule has 0 aliphatic carbocycles. The van der Waals surface area contributed by atoms with E-state index < -0.39 is 5.97 Å². The first-order valence-electron chi connectivity index (χ1n) is 8.34. The van der Waals surface area contributed by atoms with Crippen LogP contribution in [0.5, 0.6) is 5.75 Å². The highest BCUT2D eigenvalue weighted by Crippen LogP contribution is 2.41. The number of nitrogens with zero attached hydrogens (tertiary/aromatic N) is 1. The van der Waals surface area contributed by atoms with E-state index in [1.165, 1.54) is 0 Å². The molecule has 0 unspecified atom stereocenters. The summed E-state index contributed by atoms with van der Waals surface area (Å²) >= 11 is 7.07. The number of carbonyl (C=O) groups is 1. The zero-order valence-electron chi connectivity index (χ0n) is 14.8. The SMILES string of the molecule is COc1ccc(-c2cc(-c3ccc(Cl)cc3)nc3sc(C(=O)O)c(N)c23)cc1. The Morgan fingerprint density at radius 3 is 2.36 bits per heavy atom. The molecule has 4 rings (SSSR count). The van der Waals surface area contributed by atoms with Crippen LogP contribution in [0.2, 0.25) is 5.02 Å². The van der Waals surface area contributed by atoms with E-state index in [9.17, 15) is 9.90 Å². The maximum absolute atomic E-state index is 11.6. The Morgan fingerprint density at radius 1 is 1.11 bits per heavy atom. The third-order valence-corrected chi connectivity index (χ3v) is 5.77. The zero-order chi connectivity index (χ0) is 19.8. The van der Waals surface area contributed by atoms with Crippen LogP contribution in [-0.2, 0) is 0 Å². The zero-order valence-corrected chi connectivity index (χ0v) is 16.3. The molecule has 4 aromatic rings. The minimum Gasteiger partial charge on any atom is -0.497 e. The maximum Gasteiger partial charge on any atom is 0.348 e. The van der Waals surface area contributed by atoms with Crippen LogP contribution in [0.15, 0.2) is 54.6 Å². The van der Waals surface area contributed by atoms with Gasteiger partial charge in [-0.1, -0.05) is 35.9 Å². The predicted octanol–water partition coefficient (Wildman–Crippen LogP) is 5.57. The summed E-state index contributed by atoms with van der Waals surface area (Å²) in [5.41, 5.74) is 9.73. The summed E-state index contributed by atoms with van der Waals surface area (Å²) in [4.78, 5) is 16.9. The first kappa shape index (κ1) is 18.3. The minimum atomic E-state index is -1.06. The Morgan fingerprint density at radius 2 is 1.75 bits per heavy atom. The van der Waals surface area contributed by atoms with Gasteiger partial charge in [0.25, 0.3) is 0 Å². The third kappa shape index (κ3) is 3.17. The van der Waals surface area contributed by atoms with Crippen molar-refractivity contribution in [3.05, 3.63) is 64.5 Å². The number of nitrogen functional groups attached to an aromatic ring is 1. The number of fused-ring (bicyclic) bond motifs is 1.